The Morgan fingerprint density at radius 1 is 1.08 bits per heavy atom. The fraction of sp³-hybridized carbons (Fsp3) is 0.0526. The molecule has 0 fully saturated rings. The van der Waals surface area contributed by atoms with Crippen LogP contribution in [0, 0.1) is 6.92 Å². The number of nitrogens with zero attached hydrogens (tertiary/aromatic N) is 3. The van der Waals surface area contributed by atoms with Crippen LogP contribution in [-0.4, -0.2) is 26.1 Å². The molecule has 7 nitrogen and oxygen atoms in total. The molecule has 4 rings (SSSR count). The lowest BCUT2D eigenvalue weighted by Gasteiger charge is -2.12. The largest absolute Gasteiger partial charge is 0.340 e. The molecule has 0 saturated carbocycles. The van der Waals surface area contributed by atoms with Gasteiger partial charge in [-0.2, -0.15) is 5.10 Å². The number of aromatic amines is 1. The fourth-order valence-electron chi connectivity index (χ4n) is 2.63. The van der Waals surface area contributed by atoms with Gasteiger partial charge >= 0.3 is 0 Å². The Kier molecular flexibility index (Phi) is 4.03. The molecule has 3 aromatic heterocycles. The fourth-order valence-corrected chi connectivity index (χ4v) is 2.63. The molecule has 0 aliphatic rings. The summed E-state index contributed by atoms with van der Waals surface area (Å²) in [7, 11) is 0. The molecule has 0 aliphatic carbocycles. The monoisotopic (exact) mass is 344 g/mol. The number of aromatic nitrogens is 4. The van der Waals surface area contributed by atoms with Crippen LogP contribution in [0.5, 0.6) is 0 Å². The maximum atomic E-state index is 12.7. The van der Waals surface area contributed by atoms with E-state index in [1.807, 2.05) is 31.2 Å². The lowest BCUT2D eigenvalue weighted by Crippen LogP contribution is -2.15. The molecular formula is C19H16N6O. The van der Waals surface area contributed by atoms with E-state index >= 15 is 0 Å². The number of fused-ring (bicyclic) bond motifs is 1. The highest BCUT2D eigenvalue weighted by atomic mass is 16.1. The SMILES string of the molecule is Cc1ccc(C(=O)Nc2cccnc2)c(Nc2ccc3[nH]ncc3c2)n1. The Morgan fingerprint density at radius 3 is 2.85 bits per heavy atom. The van der Waals surface area contributed by atoms with Gasteiger partial charge in [-0.15, -0.1) is 0 Å². The summed E-state index contributed by atoms with van der Waals surface area (Å²) in [5.41, 5.74) is 3.67. The first-order valence-corrected chi connectivity index (χ1v) is 8.08. The zero-order valence-corrected chi connectivity index (χ0v) is 14.0. The smallest absolute Gasteiger partial charge is 0.259 e. The summed E-state index contributed by atoms with van der Waals surface area (Å²) in [6.45, 7) is 1.88. The van der Waals surface area contributed by atoms with Gasteiger partial charge in [-0.3, -0.25) is 14.9 Å². The molecule has 0 bridgehead atoms. The molecule has 128 valence electrons. The number of carbonyl (C=O) groups is 1. The summed E-state index contributed by atoms with van der Waals surface area (Å²) in [4.78, 5) is 21.2. The number of amides is 1. The molecule has 3 N–H and O–H groups in total. The Bertz CT molecular complexity index is 1070. The van der Waals surface area contributed by atoms with Gasteiger partial charge in [0, 0.05) is 23.0 Å². The number of H-pyrrole nitrogens is 1. The van der Waals surface area contributed by atoms with Gasteiger partial charge in [0.05, 0.1) is 29.2 Å². The molecule has 0 saturated heterocycles. The first kappa shape index (κ1) is 15.8. The summed E-state index contributed by atoms with van der Waals surface area (Å²) < 4.78 is 0. The number of benzene rings is 1. The average Bonchev–Trinajstić information content (AvgIpc) is 3.10. The summed E-state index contributed by atoms with van der Waals surface area (Å²) in [6.07, 6.45) is 5.00. The molecule has 0 aliphatic heterocycles. The van der Waals surface area contributed by atoms with Crippen molar-refractivity contribution in [2.75, 3.05) is 10.6 Å². The van der Waals surface area contributed by atoms with Gasteiger partial charge in [0.15, 0.2) is 0 Å². The highest BCUT2D eigenvalue weighted by Crippen LogP contribution is 2.23. The zero-order chi connectivity index (χ0) is 17.9. The second-order valence-electron chi connectivity index (χ2n) is 5.84. The topological polar surface area (TPSA) is 95.6 Å². The average molecular weight is 344 g/mol. The van der Waals surface area contributed by atoms with Crippen LogP contribution in [-0.2, 0) is 0 Å². The van der Waals surface area contributed by atoms with E-state index in [4.69, 9.17) is 0 Å². The lowest BCUT2D eigenvalue weighted by molar-refractivity contribution is 0.102. The van der Waals surface area contributed by atoms with Crippen molar-refractivity contribution in [2.24, 2.45) is 0 Å². The molecule has 0 radical (unpaired) electrons. The molecule has 0 unspecified atom stereocenters. The van der Waals surface area contributed by atoms with E-state index in [-0.39, 0.29) is 5.91 Å². The number of hydrogen-bond donors (Lipinski definition) is 3. The maximum absolute atomic E-state index is 12.7. The quantitative estimate of drug-likeness (QED) is 0.525. The lowest BCUT2D eigenvalue weighted by atomic mass is 10.2. The highest BCUT2D eigenvalue weighted by molar-refractivity contribution is 6.07. The number of aryl methyl sites for hydroxylation is 1. The maximum Gasteiger partial charge on any atom is 0.259 e. The van der Waals surface area contributed by atoms with Crippen LogP contribution in [0.2, 0.25) is 0 Å². The Hall–Kier alpha value is -3.74. The first-order valence-electron chi connectivity index (χ1n) is 8.08. The third-order valence-corrected chi connectivity index (χ3v) is 3.90. The van der Waals surface area contributed by atoms with Crippen molar-refractivity contribution in [3.63, 3.8) is 0 Å². The molecule has 26 heavy (non-hydrogen) atoms. The Morgan fingerprint density at radius 2 is 2.00 bits per heavy atom. The molecule has 1 aromatic carbocycles. The van der Waals surface area contributed by atoms with Crippen LogP contribution >= 0.6 is 0 Å². The van der Waals surface area contributed by atoms with Crippen molar-refractivity contribution in [1.29, 1.82) is 0 Å². The highest BCUT2D eigenvalue weighted by Gasteiger charge is 2.14. The van der Waals surface area contributed by atoms with Crippen molar-refractivity contribution in [3.05, 3.63) is 72.3 Å². The van der Waals surface area contributed by atoms with Crippen molar-refractivity contribution in [1.82, 2.24) is 20.2 Å². The van der Waals surface area contributed by atoms with Crippen LogP contribution in [0.15, 0.2) is 61.1 Å². The van der Waals surface area contributed by atoms with Gasteiger partial charge in [0.1, 0.15) is 5.82 Å². The Balaban J connectivity index is 1.64. The number of hydrogen-bond acceptors (Lipinski definition) is 5. The van der Waals surface area contributed by atoms with E-state index in [1.165, 1.54) is 0 Å². The van der Waals surface area contributed by atoms with E-state index < -0.39 is 0 Å². The third kappa shape index (κ3) is 3.23. The van der Waals surface area contributed by atoms with E-state index in [0.29, 0.717) is 17.1 Å². The summed E-state index contributed by atoms with van der Waals surface area (Å²) >= 11 is 0. The molecule has 1 amide bonds. The first-order chi connectivity index (χ1) is 12.7. The van der Waals surface area contributed by atoms with Crippen LogP contribution in [0.25, 0.3) is 10.9 Å². The van der Waals surface area contributed by atoms with Crippen LogP contribution < -0.4 is 10.6 Å². The van der Waals surface area contributed by atoms with Gasteiger partial charge in [-0.1, -0.05) is 0 Å². The summed E-state index contributed by atoms with van der Waals surface area (Å²) in [5.74, 6) is 0.242. The zero-order valence-electron chi connectivity index (χ0n) is 14.0. The molecule has 0 spiro atoms. The molecule has 4 aromatic rings. The van der Waals surface area contributed by atoms with Gasteiger partial charge < -0.3 is 10.6 Å². The minimum Gasteiger partial charge on any atom is -0.340 e. The van der Waals surface area contributed by atoms with Gasteiger partial charge in [-0.25, -0.2) is 4.98 Å². The van der Waals surface area contributed by atoms with Crippen molar-refractivity contribution in [2.45, 2.75) is 6.92 Å². The minimum absolute atomic E-state index is 0.252. The normalized spacial score (nSPS) is 10.7. The predicted molar refractivity (Wildman–Crippen MR) is 101 cm³/mol. The van der Waals surface area contributed by atoms with Crippen LogP contribution in [0.3, 0.4) is 0 Å². The number of carbonyl (C=O) groups excluding carboxylic acids is 1. The van der Waals surface area contributed by atoms with Gasteiger partial charge in [-0.05, 0) is 49.4 Å². The molecule has 3 heterocycles. The van der Waals surface area contributed by atoms with Crippen molar-refractivity contribution in [3.8, 4) is 0 Å². The van der Waals surface area contributed by atoms with Gasteiger partial charge in [0.2, 0.25) is 0 Å². The Labute approximate surface area is 149 Å². The van der Waals surface area contributed by atoms with Crippen LogP contribution in [0.1, 0.15) is 16.1 Å². The van der Waals surface area contributed by atoms with Crippen LogP contribution in [0.4, 0.5) is 17.2 Å². The third-order valence-electron chi connectivity index (χ3n) is 3.90. The number of pyridine rings is 2. The van der Waals surface area contributed by atoms with Crippen molar-refractivity contribution >= 4 is 34.0 Å². The molecule has 7 heteroatoms. The van der Waals surface area contributed by atoms with E-state index in [1.54, 1.807) is 36.8 Å². The second-order valence-corrected chi connectivity index (χ2v) is 5.84. The van der Waals surface area contributed by atoms with Gasteiger partial charge in [0.25, 0.3) is 5.91 Å². The summed E-state index contributed by atoms with van der Waals surface area (Å²) in [6, 6.07) is 12.9. The second kappa shape index (κ2) is 6.64. The standard InChI is InChI=1S/C19H16N6O/c1-12-4-6-16(19(26)24-15-3-2-8-20-11-15)18(22-12)23-14-5-7-17-13(9-14)10-21-25-17/h2-11H,1H3,(H,21,25)(H,22,23)(H,24,26). The predicted octanol–water partition coefficient (Wildman–Crippen LogP) is 3.66. The van der Waals surface area contributed by atoms with Crippen molar-refractivity contribution < 1.29 is 4.79 Å². The molecule has 0 atom stereocenters. The minimum atomic E-state index is -0.252. The van der Waals surface area contributed by atoms with E-state index in [2.05, 4.69) is 30.8 Å². The number of anilines is 3. The molecular weight excluding hydrogens is 328 g/mol. The number of rotatable bonds is 4. The number of nitrogens with one attached hydrogen (secondary N) is 3. The van der Waals surface area contributed by atoms with E-state index in [0.717, 1.165) is 22.3 Å². The van der Waals surface area contributed by atoms with E-state index in [9.17, 15) is 4.79 Å². The summed E-state index contributed by atoms with van der Waals surface area (Å²) in [5, 5.41) is 14.0.